The van der Waals surface area contributed by atoms with Gasteiger partial charge in [0.15, 0.2) is 12.6 Å². The molecule has 2 rings (SSSR count). The Bertz CT molecular complexity index is 761. The quantitative estimate of drug-likeness (QED) is 0.0646. The molecule has 2 heterocycles. The Kier molecular flexibility index (Phi) is 19.5. The van der Waals surface area contributed by atoms with Gasteiger partial charge in [0, 0.05) is 52.4 Å². The third kappa shape index (κ3) is 14.0. The number of hydrogen-bond donors (Lipinski definition) is 8. The number of unbranched alkanes of at least 4 members (excludes halogenated alkanes) is 2. The molecule has 0 aromatic rings. The number of aliphatic hydroxyl groups excluding tert-OH is 6. The van der Waals surface area contributed by atoms with Gasteiger partial charge in [-0.15, -0.1) is 0 Å². The van der Waals surface area contributed by atoms with E-state index in [2.05, 4.69) is 24.5 Å². The van der Waals surface area contributed by atoms with E-state index < -0.39 is 61.4 Å². The normalized spacial score (nSPS) is 31.9. The summed E-state index contributed by atoms with van der Waals surface area (Å²) < 4.78 is 27.8. The van der Waals surface area contributed by atoms with E-state index in [-0.39, 0.29) is 37.5 Å². The van der Waals surface area contributed by atoms with Crippen LogP contribution in [0.25, 0.3) is 0 Å². The highest BCUT2D eigenvalue weighted by molar-refractivity contribution is 5.76. The minimum absolute atomic E-state index is 0.0122. The van der Waals surface area contributed by atoms with Gasteiger partial charge in [-0.2, -0.15) is 0 Å². The van der Waals surface area contributed by atoms with Crippen LogP contribution in [0.4, 0.5) is 0 Å². The molecule has 15 nitrogen and oxygen atoms in total. The molecule has 2 fully saturated rings. The maximum Gasteiger partial charge on any atom is 0.220 e. The Morgan fingerprint density at radius 3 is 1.33 bits per heavy atom. The second-order valence-corrected chi connectivity index (χ2v) is 11.6. The van der Waals surface area contributed by atoms with Crippen molar-refractivity contribution in [2.75, 3.05) is 39.5 Å². The first-order valence-electron chi connectivity index (χ1n) is 16.3. The molecule has 0 aliphatic carbocycles. The van der Waals surface area contributed by atoms with Gasteiger partial charge in [-0.1, -0.05) is 26.7 Å². The molecule has 10 atom stereocenters. The van der Waals surface area contributed by atoms with Crippen LogP contribution in [0.5, 0.6) is 0 Å². The van der Waals surface area contributed by atoms with Gasteiger partial charge in [0.1, 0.15) is 36.6 Å². The molecule has 264 valence electrons. The van der Waals surface area contributed by atoms with Gasteiger partial charge in [-0.25, -0.2) is 0 Å². The van der Waals surface area contributed by atoms with Crippen molar-refractivity contribution >= 4 is 11.8 Å². The van der Waals surface area contributed by atoms with Crippen molar-refractivity contribution in [2.24, 2.45) is 0 Å². The van der Waals surface area contributed by atoms with Crippen molar-refractivity contribution in [1.29, 1.82) is 0 Å². The first-order valence-corrected chi connectivity index (χ1v) is 16.3. The number of hydrogen-bond acceptors (Lipinski definition) is 13. The molecule has 2 saturated heterocycles. The van der Waals surface area contributed by atoms with Crippen LogP contribution in [0.2, 0.25) is 0 Å². The lowest BCUT2D eigenvalue weighted by molar-refractivity contribution is -0.374. The fourth-order valence-electron chi connectivity index (χ4n) is 4.89. The Hall–Kier alpha value is -1.50. The number of rotatable bonds is 22. The fourth-order valence-corrected chi connectivity index (χ4v) is 4.89. The monoisotopic (exact) mass is 652 g/mol. The highest BCUT2D eigenvalue weighted by atomic mass is 16.8. The Morgan fingerprint density at radius 1 is 0.578 bits per heavy atom. The van der Waals surface area contributed by atoms with Crippen molar-refractivity contribution in [2.45, 2.75) is 139 Å². The zero-order valence-corrected chi connectivity index (χ0v) is 26.6. The molecule has 0 bridgehead atoms. The molecule has 2 amide bonds. The van der Waals surface area contributed by atoms with E-state index in [4.69, 9.17) is 23.7 Å². The average molecular weight is 653 g/mol. The van der Waals surface area contributed by atoms with Gasteiger partial charge in [0.2, 0.25) is 11.8 Å². The van der Waals surface area contributed by atoms with E-state index >= 15 is 0 Å². The van der Waals surface area contributed by atoms with Crippen molar-refractivity contribution in [3.8, 4) is 0 Å². The van der Waals surface area contributed by atoms with Gasteiger partial charge >= 0.3 is 0 Å². The van der Waals surface area contributed by atoms with Crippen LogP contribution in [-0.4, -0.2) is 143 Å². The first-order chi connectivity index (χ1) is 21.6. The fraction of sp³-hybridized carbons (Fsp3) is 0.933. The van der Waals surface area contributed by atoms with Gasteiger partial charge < -0.3 is 65.0 Å². The molecule has 0 radical (unpaired) electrons. The van der Waals surface area contributed by atoms with Gasteiger partial charge in [0.05, 0.1) is 12.2 Å². The Labute approximate surface area is 265 Å². The minimum Gasteiger partial charge on any atom is -0.388 e. The van der Waals surface area contributed by atoms with Crippen molar-refractivity contribution in [3.63, 3.8) is 0 Å². The van der Waals surface area contributed by atoms with Gasteiger partial charge in [-0.3, -0.25) is 9.59 Å². The molecule has 8 N–H and O–H groups in total. The number of ether oxygens (including phenoxy) is 5. The maximum atomic E-state index is 12.3. The molecule has 15 heteroatoms. The highest BCUT2D eigenvalue weighted by Gasteiger charge is 2.49. The van der Waals surface area contributed by atoms with Crippen molar-refractivity contribution in [1.82, 2.24) is 10.6 Å². The summed E-state index contributed by atoms with van der Waals surface area (Å²) in [7, 11) is 0. The predicted octanol–water partition coefficient (Wildman–Crippen LogP) is -1.18. The second kappa shape index (κ2) is 22.1. The molecule has 0 aromatic carbocycles. The van der Waals surface area contributed by atoms with Crippen LogP contribution in [0.1, 0.15) is 78.1 Å². The van der Waals surface area contributed by atoms with Crippen LogP contribution < -0.4 is 10.6 Å². The Balaban J connectivity index is 1.82. The van der Waals surface area contributed by atoms with Crippen molar-refractivity contribution < 1.29 is 63.9 Å². The summed E-state index contributed by atoms with van der Waals surface area (Å²) in [6.07, 6.45) is -10.2. The average Bonchev–Trinajstić information content (AvgIpc) is 3.03. The third-order valence-electron chi connectivity index (χ3n) is 7.78. The summed E-state index contributed by atoms with van der Waals surface area (Å²) in [6, 6.07) is 0. The topological polar surface area (TPSA) is 226 Å². The largest absolute Gasteiger partial charge is 0.388 e. The standard InChI is InChI=1S/C30H56N2O13/c1-3-5-15-41-17-7-13-31-21(33)11-9-19-23(35)25(37)27(39)29(43-19)45-30-28(40)26(38)24(36)20(44-30)10-12-22(34)32-14-8-18-42-16-6-4-2/h19-20,23-30,35-40H,3-18H2,1-2H3,(H,31,33)(H,32,34). The van der Waals surface area contributed by atoms with Crippen LogP contribution >= 0.6 is 0 Å². The van der Waals surface area contributed by atoms with E-state index in [0.29, 0.717) is 52.4 Å². The summed E-state index contributed by atoms with van der Waals surface area (Å²) in [6.45, 7) is 7.37. The number of aliphatic hydroxyl groups is 6. The SMILES string of the molecule is CCCCOCCCNC(=O)CCC1OC(OC2OC(CCC(=O)NCCCOCCCC)C(O)C(O)C2O)C(O)C(O)C1O. The number of carbonyl (C=O) groups is 2. The summed E-state index contributed by atoms with van der Waals surface area (Å²) in [5.41, 5.74) is 0. The summed E-state index contributed by atoms with van der Waals surface area (Å²) in [4.78, 5) is 24.6. The lowest BCUT2D eigenvalue weighted by Crippen LogP contribution is -2.63. The molecule has 0 spiro atoms. The molecule has 10 unspecified atom stereocenters. The zero-order valence-electron chi connectivity index (χ0n) is 26.6. The minimum atomic E-state index is -1.76. The van der Waals surface area contributed by atoms with E-state index in [0.717, 1.165) is 25.7 Å². The van der Waals surface area contributed by atoms with Crippen LogP contribution in [0.15, 0.2) is 0 Å². The van der Waals surface area contributed by atoms with E-state index in [1.807, 2.05) is 0 Å². The van der Waals surface area contributed by atoms with Crippen LogP contribution in [0, 0.1) is 0 Å². The number of amides is 2. The van der Waals surface area contributed by atoms with Gasteiger partial charge in [-0.05, 0) is 38.5 Å². The van der Waals surface area contributed by atoms with E-state index in [1.165, 1.54) is 0 Å². The van der Waals surface area contributed by atoms with E-state index in [1.54, 1.807) is 0 Å². The third-order valence-corrected chi connectivity index (χ3v) is 7.78. The summed E-state index contributed by atoms with van der Waals surface area (Å²) >= 11 is 0. The molecule has 45 heavy (non-hydrogen) atoms. The van der Waals surface area contributed by atoms with E-state index in [9.17, 15) is 40.2 Å². The lowest BCUT2D eigenvalue weighted by Gasteiger charge is -2.45. The second-order valence-electron chi connectivity index (χ2n) is 11.6. The lowest BCUT2D eigenvalue weighted by atomic mass is 9.94. The molecule has 0 saturated carbocycles. The zero-order chi connectivity index (χ0) is 33.2. The highest BCUT2D eigenvalue weighted by Crippen LogP contribution is 2.30. The smallest absolute Gasteiger partial charge is 0.220 e. The molecule has 0 aromatic heterocycles. The molecular weight excluding hydrogens is 596 g/mol. The van der Waals surface area contributed by atoms with Crippen LogP contribution in [-0.2, 0) is 33.3 Å². The van der Waals surface area contributed by atoms with Crippen molar-refractivity contribution in [3.05, 3.63) is 0 Å². The Morgan fingerprint density at radius 2 is 0.956 bits per heavy atom. The summed E-state index contributed by atoms with van der Waals surface area (Å²) in [5, 5.41) is 68.2. The van der Waals surface area contributed by atoms with Crippen LogP contribution in [0.3, 0.4) is 0 Å². The first kappa shape index (κ1) is 39.7. The molecular formula is C30H56N2O13. The van der Waals surface area contributed by atoms with Gasteiger partial charge in [0.25, 0.3) is 0 Å². The maximum absolute atomic E-state index is 12.3. The number of carbonyl (C=O) groups excluding carboxylic acids is 2. The molecule has 2 aliphatic heterocycles. The number of nitrogens with one attached hydrogen (secondary N) is 2. The summed E-state index contributed by atoms with van der Waals surface area (Å²) in [5.74, 6) is -0.597. The molecule has 2 aliphatic rings. The predicted molar refractivity (Wildman–Crippen MR) is 160 cm³/mol.